The lowest BCUT2D eigenvalue weighted by atomic mass is 9.45. The minimum atomic E-state index is -0.809. The highest BCUT2D eigenvalue weighted by molar-refractivity contribution is 5.31. The minimum absolute atomic E-state index is 0.0646. The molecule has 4 aliphatic carbocycles. The second-order valence-electron chi connectivity index (χ2n) is 12.4. The number of aliphatic hydroxyl groups is 3. The fourth-order valence-corrected chi connectivity index (χ4v) is 8.74. The number of fused-ring (bicyclic) bond motifs is 5. The van der Waals surface area contributed by atoms with Gasteiger partial charge in [0.05, 0.1) is 12.2 Å². The van der Waals surface area contributed by atoms with E-state index >= 15 is 0 Å². The molecule has 3 fully saturated rings. The van der Waals surface area contributed by atoms with Crippen molar-refractivity contribution < 1.29 is 15.3 Å². The maximum atomic E-state index is 11.3. The maximum Gasteiger partial charge on any atom is 0.102 e. The average molecular weight is 419 g/mol. The zero-order valence-corrected chi connectivity index (χ0v) is 20.0. The standard InChI is InChI=1S/C27H46O3/c1-16(2)7-6-8-17(3)19-9-10-20-23-21(12-14-26(19,20)4)27(5)13-11-18(28)15-22(27)24(29)25(23)30/h15-21,23-25,28-30H,6-14H2,1-5H3/t17-,18+,19-,20+,21+,23+,24+,25+,26-,27-/m1/s1. The Labute approximate surface area is 184 Å². The SMILES string of the molecule is CC(C)CCC[C@@H](C)[C@H]1CC[C@H]2[C@@H]3[C@H](O)[C@@H](O)C4=C[C@@H](O)CC[C@]4(C)[C@H]3CC[C@]12C. The second-order valence-corrected chi connectivity index (χ2v) is 12.4. The van der Waals surface area contributed by atoms with Gasteiger partial charge in [0.1, 0.15) is 6.10 Å². The Hall–Kier alpha value is -0.380. The van der Waals surface area contributed by atoms with E-state index in [0.29, 0.717) is 17.3 Å². The molecule has 4 rings (SSSR count). The summed E-state index contributed by atoms with van der Waals surface area (Å²) in [5.41, 5.74) is 1.16. The first-order valence-electron chi connectivity index (χ1n) is 12.9. The fourth-order valence-electron chi connectivity index (χ4n) is 8.74. The highest BCUT2D eigenvalue weighted by Crippen LogP contribution is 2.67. The van der Waals surface area contributed by atoms with Gasteiger partial charge in [0.25, 0.3) is 0 Å². The second kappa shape index (κ2) is 8.19. The smallest absolute Gasteiger partial charge is 0.102 e. The van der Waals surface area contributed by atoms with E-state index in [4.69, 9.17) is 0 Å². The summed E-state index contributed by atoms with van der Waals surface area (Å²) in [6.07, 6.45) is 10.5. The highest BCUT2D eigenvalue weighted by atomic mass is 16.3. The van der Waals surface area contributed by atoms with Crippen LogP contribution in [0.4, 0.5) is 0 Å². The molecule has 3 saturated carbocycles. The van der Waals surface area contributed by atoms with Gasteiger partial charge in [-0.05, 0) is 90.4 Å². The van der Waals surface area contributed by atoms with Crippen molar-refractivity contribution in [3.05, 3.63) is 11.6 Å². The Kier molecular flexibility index (Phi) is 6.23. The topological polar surface area (TPSA) is 60.7 Å². The summed E-state index contributed by atoms with van der Waals surface area (Å²) < 4.78 is 0. The number of hydrogen-bond donors (Lipinski definition) is 3. The largest absolute Gasteiger partial charge is 0.390 e. The van der Waals surface area contributed by atoms with Gasteiger partial charge in [0.15, 0.2) is 0 Å². The molecule has 0 heterocycles. The lowest BCUT2D eigenvalue weighted by Crippen LogP contribution is -2.60. The first kappa shape index (κ1) is 22.8. The molecule has 0 aromatic carbocycles. The summed E-state index contributed by atoms with van der Waals surface area (Å²) in [4.78, 5) is 0. The molecule has 30 heavy (non-hydrogen) atoms. The van der Waals surface area contributed by atoms with Crippen molar-refractivity contribution in [1.82, 2.24) is 0 Å². The lowest BCUT2D eigenvalue weighted by Gasteiger charge is -2.61. The molecule has 0 radical (unpaired) electrons. The summed E-state index contributed by atoms with van der Waals surface area (Å²) in [5, 5.41) is 32.6. The summed E-state index contributed by atoms with van der Waals surface area (Å²) in [6.45, 7) is 11.9. The van der Waals surface area contributed by atoms with Gasteiger partial charge in [-0.25, -0.2) is 0 Å². The molecule has 0 amide bonds. The lowest BCUT2D eigenvalue weighted by molar-refractivity contribution is -0.152. The molecule has 4 aliphatic rings. The van der Waals surface area contributed by atoms with E-state index in [2.05, 4.69) is 34.6 Å². The van der Waals surface area contributed by atoms with Gasteiger partial charge in [-0.2, -0.15) is 0 Å². The van der Waals surface area contributed by atoms with Gasteiger partial charge < -0.3 is 15.3 Å². The van der Waals surface area contributed by atoms with Gasteiger partial charge >= 0.3 is 0 Å². The van der Waals surface area contributed by atoms with E-state index in [0.717, 1.165) is 42.6 Å². The van der Waals surface area contributed by atoms with E-state index in [-0.39, 0.29) is 11.3 Å². The van der Waals surface area contributed by atoms with E-state index < -0.39 is 18.3 Å². The van der Waals surface area contributed by atoms with Crippen LogP contribution in [-0.4, -0.2) is 33.6 Å². The molecule has 0 saturated heterocycles. The molecule has 0 unspecified atom stereocenters. The van der Waals surface area contributed by atoms with Crippen LogP contribution in [0.3, 0.4) is 0 Å². The Balaban J connectivity index is 1.57. The summed E-state index contributed by atoms with van der Waals surface area (Å²) >= 11 is 0. The van der Waals surface area contributed by atoms with Crippen LogP contribution in [0, 0.1) is 46.3 Å². The van der Waals surface area contributed by atoms with Crippen LogP contribution >= 0.6 is 0 Å². The molecular weight excluding hydrogens is 372 g/mol. The van der Waals surface area contributed by atoms with E-state index in [9.17, 15) is 15.3 Å². The predicted octanol–water partition coefficient (Wildman–Crippen LogP) is 5.33. The molecule has 172 valence electrons. The normalized spacial score (nSPS) is 49.2. The van der Waals surface area contributed by atoms with Crippen LogP contribution < -0.4 is 0 Å². The van der Waals surface area contributed by atoms with Gasteiger partial charge in [-0.1, -0.05) is 60.0 Å². The predicted molar refractivity (Wildman–Crippen MR) is 122 cm³/mol. The average Bonchev–Trinajstić information content (AvgIpc) is 3.04. The highest BCUT2D eigenvalue weighted by Gasteiger charge is 2.63. The van der Waals surface area contributed by atoms with Crippen molar-refractivity contribution in [2.45, 2.75) is 111 Å². The molecule has 0 aliphatic heterocycles. The van der Waals surface area contributed by atoms with Crippen LogP contribution in [0.25, 0.3) is 0 Å². The zero-order valence-electron chi connectivity index (χ0n) is 20.0. The van der Waals surface area contributed by atoms with Crippen molar-refractivity contribution >= 4 is 0 Å². The van der Waals surface area contributed by atoms with Gasteiger partial charge in [0, 0.05) is 0 Å². The van der Waals surface area contributed by atoms with Crippen LogP contribution in [-0.2, 0) is 0 Å². The summed E-state index contributed by atoms with van der Waals surface area (Å²) in [7, 11) is 0. The van der Waals surface area contributed by atoms with Crippen molar-refractivity contribution in [3.63, 3.8) is 0 Å². The number of hydrogen-bond acceptors (Lipinski definition) is 3. The molecule has 0 spiro atoms. The third-order valence-electron chi connectivity index (χ3n) is 10.4. The monoisotopic (exact) mass is 418 g/mol. The van der Waals surface area contributed by atoms with E-state index in [1.54, 1.807) is 0 Å². The zero-order chi connectivity index (χ0) is 21.8. The van der Waals surface area contributed by atoms with Crippen molar-refractivity contribution in [1.29, 1.82) is 0 Å². The van der Waals surface area contributed by atoms with Crippen LogP contribution in [0.15, 0.2) is 11.6 Å². The molecule has 0 aromatic heterocycles. The van der Waals surface area contributed by atoms with Crippen LogP contribution in [0.1, 0.15) is 92.4 Å². The Bertz CT molecular complexity index is 656. The molecule has 3 heteroatoms. The Morgan fingerprint density at radius 2 is 1.67 bits per heavy atom. The third-order valence-corrected chi connectivity index (χ3v) is 10.4. The number of rotatable bonds is 5. The van der Waals surface area contributed by atoms with Crippen molar-refractivity contribution in [2.24, 2.45) is 46.3 Å². The first-order valence-corrected chi connectivity index (χ1v) is 12.9. The fraction of sp³-hybridized carbons (Fsp3) is 0.926. The molecular formula is C27H46O3. The van der Waals surface area contributed by atoms with Crippen LogP contribution in [0.5, 0.6) is 0 Å². The molecule has 3 N–H and O–H groups in total. The van der Waals surface area contributed by atoms with Crippen LogP contribution in [0.2, 0.25) is 0 Å². The third kappa shape index (κ3) is 3.52. The quantitative estimate of drug-likeness (QED) is 0.529. The van der Waals surface area contributed by atoms with Gasteiger partial charge in [-0.15, -0.1) is 0 Å². The maximum absolute atomic E-state index is 11.3. The first-order chi connectivity index (χ1) is 14.1. The number of aliphatic hydroxyl groups excluding tert-OH is 3. The van der Waals surface area contributed by atoms with Crippen molar-refractivity contribution in [2.75, 3.05) is 0 Å². The molecule has 10 atom stereocenters. The molecule has 0 aromatic rings. The van der Waals surface area contributed by atoms with Crippen molar-refractivity contribution in [3.8, 4) is 0 Å². The van der Waals surface area contributed by atoms with E-state index in [1.165, 1.54) is 38.5 Å². The summed E-state index contributed by atoms with van der Waals surface area (Å²) in [5.74, 6) is 3.43. The Morgan fingerprint density at radius 1 is 0.933 bits per heavy atom. The van der Waals surface area contributed by atoms with Gasteiger partial charge in [0.2, 0.25) is 0 Å². The minimum Gasteiger partial charge on any atom is -0.390 e. The van der Waals surface area contributed by atoms with Gasteiger partial charge in [-0.3, -0.25) is 0 Å². The molecule has 3 nitrogen and oxygen atoms in total. The summed E-state index contributed by atoms with van der Waals surface area (Å²) in [6, 6.07) is 0. The van der Waals surface area contributed by atoms with E-state index in [1.807, 2.05) is 6.08 Å². The Morgan fingerprint density at radius 3 is 2.37 bits per heavy atom. The molecule has 0 bridgehead atoms.